The molecule has 1 aromatic carbocycles. The van der Waals surface area contributed by atoms with Crippen molar-refractivity contribution in [3.05, 3.63) is 46.6 Å². The fourth-order valence-corrected chi connectivity index (χ4v) is 4.33. The minimum absolute atomic E-state index is 0.133. The third kappa shape index (κ3) is 4.61. The quantitative estimate of drug-likeness (QED) is 0.447. The number of nitrogens with zero attached hydrogens (tertiary/aromatic N) is 2. The van der Waals surface area contributed by atoms with Crippen LogP contribution in [0.3, 0.4) is 0 Å². The molecule has 1 heterocycles. The first-order valence-electron chi connectivity index (χ1n) is 10.8. The summed E-state index contributed by atoms with van der Waals surface area (Å²) in [5, 5.41) is 4.30. The van der Waals surface area contributed by atoms with Crippen molar-refractivity contribution < 1.29 is 17.6 Å². The van der Waals surface area contributed by atoms with Gasteiger partial charge >= 0.3 is 6.18 Å². The van der Waals surface area contributed by atoms with Gasteiger partial charge in [-0.25, -0.2) is 0 Å². The van der Waals surface area contributed by atoms with Crippen molar-refractivity contribution in [2.75, 3.05) is 0 Å². The molecule has 30 heavy (non-hydrogen) atoms. The molecule has 166 valence electrons. The first-order chi connectivity index (χ1) is 13.8. The third-order valence-electron chi connectivity index (χ3n) is 6.63. The number of rotatable bonds is 6. The Morgan fingerprint density at radius 2 is 1.63 bits per heavy atom. The van der Waals surface area contributed by atoms with Gasteiger partial charge in [0, 0.05) is 12.0 Å². The van der Waals surface area contributed by atoms with Gasteiger partial charge in [0.1, 0.15) is 5.69 Å². The van der Waals surface area contributed by atoms with Gasteiger partial charge in [0.25, 0.3) is 8.32 Å². The van der Waals surface area contributed by atoms with Gasteiger partial charge in [-0.05, 0) is 54.9 Å². The molecule has 1 aliphatic rings. The predicted molar refractivity (Wildman–Crippen MR) is 117 cm³/mol. The molecule has 0 unspecified atom stereocenters. The molecule has 0 atom stereocenters. The van der Waals surface area contributed by atoms with Crippen LogP contribution < -0.4 is 4.43 Å². The summed E-state index contributed by atoms with van der Waals surface area (Å²) in [7, 11) is -2.35. The highest BCUT2D eigenvalue weighted by Crippen LogP contribution is 2.45. The monoisotopic (exact) mass is 438 g/mol. The van der Waals surface area contributed by atoms with E-state index >= 15 is 0 Å². The van der Waals surface area contributed by atoms with Crippen LogP contribution in [0, 0.1) is 0 Å². The van der Waals surface area contributed by atoms with Gasteiger partial charge in [-0.15, -0.1) is 5.10 Å². The van der Waals surface area contributed by atoms with Crippen molar-refractivity contribution in [2.24, 2.45) is 0 Å². The Hall–Kier alpha value is -1.76. The van der Waals surface area contributed by atoms with Crippen molar-refractivity contribution >= 4 is 8.32 Å². The van der Waals surface area contributed by atoms with E-state index in [9.17, 15) is 13.2 Å². The molecule has 1 saturated carbocycles. The SMILES string of the molecule is CCc1ccc(Cc2c(O[Si](C)(C)C(C)(C)C)nn(C3CCC3)c2C(F)(F)F)cc1. The molecule has 0 spiro atoms. The number of benzene rings is 1. The van der Waals surface area contributed by atoms with Crippen molar-refractivity contribution in [3.63, 3.8) is 0 Å². The maximum absolute atomic E-state index is 14.2. The molecule has 0 saturated heterocycles. The van der Waals surface area contributed by atoms with Crippen molar-refractivity contribution in [2.45, 2.75) is 90.1 Å². The summed E-state index contributed by atoms with van der Waals surface area (Å²) < 4.78 is 50.2. The normalized spacial score (nSPS) is 15.9. The summed E-state index contributed by atoms with van der Waals surface area (Å²) in [6, 6.07) is 7.59. The average Bonchev–Trinajstić information content (AvgIpc) is 2.90. The molecule has 0 bridgehead atoms. The van der Waals surface area contributed by atoms with Crippen LogP contribution in [0.2, 0.25) is 18.1 Å². The fraction of sp³-hybridized carbons (Fsp3) is 0.609. The first-order valence-corrected chi connectivity index (χ1v) is 13.7. The van der Waals surface area contributed by atoms with Crippen LogP contribution in [0.15, 0.2) is 24.3 Å². The molecule has 0 amide bonds. The van der Waals surface area contributed by atoms with Gasteiger partial charge < -0.3 is 4.43 Å². The van der Waals surface area contributed by atoms with E-state index < -0.39 is 20.2 Å². The van der Waals surface area contributed by atoms with E-state index in [-0.39, 0.29) is 28.9 Å². The molecule has 7 heteroatoms. The van der Waals surface area contributed by atoms with E-state index in [0.29, 0.717) is 0 Å². The summed E-state index contributed by atoms with van der Waals surface area (Å²) in [5.41, 5.74) is 1.53. The number of halogens is 3. The lowest BCUT2D eigenvalue weighted by Crippen LogP contribution is -2.44. The summed E-state index contributed by atoms with van der Waals surface area (Å²) >= 11 is 0. The van der Waals surface area contributed by atoms with Crippen LogP contribution in [0.5, 0.6) is 5.88 Å². The minimum atomic E-state index is -4.48. The predicted octanol–water partition coefficient (Wildman–Crippen LogP) is 7.16. The number of alkyl halides is 3. The molecular formula is C23H33F3N2OSi. The fourth-order valence-electron chi connectivity index (χ4n) is 3.38. The van der Waals surface area contributed by atoms with E-state index in [1.54, 1.807) is 0 Å². The molecule has 1 aliphatic carbocycles. The summed E-state index contributed by atoms with van der Waals surface area (Å²) in [5.74, 6) is 0.167. The largest absolute Gasteiger partial charge is 0.529 e. The van der Waals surface area contributed by atoms with E-state index in [2.05, 4.69) is 32.8 Å². The Balaban J connectivity index is 2.10. The molecule has 1 aromatic heterocycles. The number of hydrogen-bond donors (Lipinski definition) is 0. The smallest absolute Gasteiger partial charge is 0.433 e. The highest BCUT2D eigenvalue weighted by Gasteiger charge is 2.45. The van der Waals surface area contributed by atoms with Gasteiger partial charge in [0.2, 0.25) is 5.88 Å². The Morgan fingerprint density at radius 3 is 2.07 bits per heavy atom. The number of aryl methyl sites for hydroxylation is 1. The average molecular weight is 439 g/mol. The van der Waals surface area contributed by atoms with Gasteiger partial charge in [-0.3, -0.25) is 4.68 Å². The second kappa shape index (κ2) is 8.06. The molecule has 0 aliphatic heterocycles. The lowest BCUT2D eigenvalue weighted by Gasteiger charge is -2.35. The standard InChI is InChI=1S/C23H33F3N2OSi/c1-7-16-11-13-17(14-12-16)15-19-20(23(24,25)26)28(18-9-8-10-18)27-21(19)29-30(5,6)22(2,3)4/h11-14,18H,7-10,15H2,1-6H3. The third-order valence-corrected chi connectivity index (χ3v) is 10.9. The van der Waals surface area contributed by atoms with Crippen LogP contribution in [0.1, 0.15) is 75.4 Å². The van der Waals surface area contributed by atoms with E-state index in [4.69, 9.17) is 4.43 Å². The summed E-state index contributed by atoms with van der Waals surface area (Å²) in [6.45, 7) is 12.4. The second-order valence-electron chi connectivity index (χ2n) is 9.87. The van der Waals surface area contributed by atoms with E-state index in [1.807, 2.05) is 37.4 Å². The topological polar surface area (TPSA) is 27.1 Å². The molecule has 3 rings (SSSR count). The van der Waals surface area contributed by atoms with Gasteiger partial charge in [-0.1, -0.05) is 52.0 Å². The molecular weight excluding hydrogens is 405 g/mol. The molecule has 1 fully saturated rings. The van der Waals surface area contributed by atoms with Crippen molar-refractivity contribution in [1.82, 2.24) is 9.78 Å². The van der Waals surface area contributed by atoms with Crippen LogP contribution in [-0.4, -0.2) is 18.1 Å². The van der Waals surface area contributed by atoms with E-state index in [1.165, 1.54) is 4.68 Å². The summed E-state index contributed by atoms with van der Waals surface area (Å²) in [4.78, 5) is 0. The Labute approximate surface area is 178 Å². The van der Waals surface area contributed by atoms with Gasteiger partial charge in [-0.2, -0.15) is 13.2 Å². The Bertz CT molecular complexity index is 876. The van der Waals surface area contributed by atoms with Crippen LogP contribution >= 0.6 is 0 Å². The zero-order valence-corrected chi connectivity index (χ0v) is 19.9. The van der Waals surface area contributed by atoms with Gasteiger partial charge in [0.05, 0.1) is 6.04 Å². The highest BCUT2D eigenvalue weighted by atomic mass is 28.4. The Kier molecular flexibility index (Phi) is 6.15. The zero-order valence-electron chi connectivity index (χ0n) is 18.9. The van der Waals surface area contributed by atoms with E-state index in [0.717, 1.165) is 36.8 Å². The molecule has 3 nitrogen and oxygen atoms in total. The van der Waals surface area contributed by atoms with Crippen molar-refractivity contribution in [3.8, 4) is 5.88 Å². The first kappa shape index (κ1) is 22.9. The Morgan fingerprint density at radius 1 is 1.07 bits per heavy atom. The zero-order chi connectivity index (χ0) is 22.3. The summed E-state index contributed by atoms with van der Waals surface area (Å²) in [6.07, 6.45) is -1.02. The lowest BCUT2D eigenvalue weighted by molar-refractivity contribution is -0.146. The minimum Gasteiger partial charge on any atom is -0.529 e. The van der Waals surface area contributed by atoms with Crippen LogP contribution in [-0.2, 0) is 19.0 Å². The number of hydrogen-bond acceptors (Lipinski definition) is 2. The van der Waals surface area contributed by atoms with Crippen LogP contribution in [0.25, 0.3) is 0 Å². The molecule has 0 N–H and O–H groups in total. The second-order valence-corrected chi connectivity index (χ2v) is 14.6. The number of aromatic nitrogens is 2. The molecule has 2 aromatic rings. The molecule has 0 radical (unpaired) electrons. The maximum atomic E-state index is 14.2. The lowest BCUT2D eigenvalue weighted by atomic mass is 9.93. The maximum Gasteiger partial charge on any atom is 0.433 e. The van der Waals surface area contributed by atoms with Crippen molar-refractivity contribution in [1.29, 1.82) is 0 Å². The van der Waals surface area contributed by atoms with Crippen LogP contribution in [0.4, 0.5) is 13.2 Å². The highest BCUT2D eigenvalue weighted by molar-refractivity contribution is 6.74. The van der Waals surface area contributed by atoms with Gasteiger partial charge in [0.15, 0.2) is 0 Å².